The zero-order valence-corrected chi connectivity index (χ0v) is 16.2. The van der Waals surface area contributed by atoms with E-state index in [1.54, 1.807) is 6.92 Å². The number of amides is 1. The Kier molecular flexibility index (Phi) is 5.07. The summed E-state index contributed by atoms with van der Waals surface area (Å²) in [7, 11) is 0. The standard InChI is InChI=1S/C19H19FN4O4S/c1-8-14-18(22-7-23-19(14)29-16(8)17(21)27)24-10-3-2-9(20)6-13(10)28-12-5-4-11(25)15(12)26/h2-3,6-7,11-12,15,25-26H,4-5H2,1H3,(H2,21,27)(H,22,23,24). The number of nitrogens with one attached hydrogen (secondary N) is 1. The molecule has 5 N–H and O–H groups in total. The van der Waals surface area contributed by atoms with Crippen molar-refractivity contribution >= 4 is 39.0 Å². The van der Waals surface area contributed by atoms with E-state index in [1.807, 2.05) is 0 Å². The zero-order chi connectivity index (χ0) is 20.7. The molecule has 0 spiro atoms. The van der Waals surface area contributed by atoms with Crippen molar-refractivity contribution in [2.24, 2.45) is 5.73 Å². The van der Waals surface area contributed by atoms with E-state index in [1.165, 1.54) is 35.9 Å². The summed E-state index contributed by atoms with van der Waals surface area (Å²) in [4.78, 5) is 21.1. The number of anilines is 2. The van der Waals surface area contributed by atoms with Gasteiger partial charge in [-0.3, -0.25) is 4.79 Å². The molecule has 1 fully saturated rings. The number of halogens is 1. The fourth-order valence-electron chi connectivity index (χ4n) is 3.44. The van der Waals surface area contributed by atoms with Crippen LogP contribution in [0.4, 0.5) is 15.9 Å². The van der Waals surface area contributed by atoms with Crippen molar-refractivity contribution in [2.45, 2.75) is 38.1 Å². The van der Waals surface area contributed by atoms with Crippen molar-refractivity contribution in [3.63, 3.8) is 0 Å². The van der Waals surface area contributed by atoms with Crippen LogP contribution in [0.5, 0.6) is 5.75 Å². The second kappa shape index (κ2) is 7.54. The second-order valence-electron chi connectivity index (χ2n) is 6.88. The van der Waals surface area contributed by atoms with Crippen LogP contribution >= 0.6 is 11.3 Å². The van der Waals surface area contributed by atoms with Gasteiger partial charge in [0.05, 0.1) is 22.1 Å². The number of primary amides is 1. The highest BCUT2D eigenvalue weighted by atomic mass is 32.1. The van der Waals surface area contributed by atoms with E-state index in [9.17, 15) is 19.4 Å². The van der Waals surface area contributed by atoms with E-state index in [0.29, 0.717) is 45.0 Å². The molecule has 3 atom stereocenters. The Morgan fingerprint density at radius 2 is 2.14 bits per heavy atom. The van der Waals surface area contributed by atoms with Gasteiger partial charge in [-0.25, -0.2) is 14.4 Å². The molecule has 2 heterocycles. The lowest BCUT2D eigenvalue weighted by Crippen LogP contribution is -2.32. The van der Waals surface area contributed by atoms with Crippen LogP contribution in [0, 0.1) is 12.7 Å². The van der Waals surface area contributed by atoms with Crippen molar-refractivity contribution in [1.82, 2.24) is 9.97 Å². The third-order valence-corrected chi connectivity index (χ3v) is 6.16. The van der Waals surface area contributed by atoms with E-state index in [4.69, 9.17) is 10.5 Å². The Bertz CT molecular complexity index is 1090. The van der Waals surface area contributed by atoms with Crippen LogP contribution in [0.2, 0.25) is 0 Å². The molecule has 4 rings (SSSR count). The summed E-state index contributed by atoms with van der Waals surface area (Å²) in [6.45, 7) is 1.76. The first-order chi connectivity index (χ1) is 13.8. The van der Waals surface area contributed by atoms with Crippen molar-refractivity contribution in [3.05, 3.63) is 40.8 Å². The molecule has 8 nitrogen and oxygen atoms in total. The van der Waals surface area contributed by atoms with Gasteiger partial charge in [0.1, 0.15) is 40.8 Å². The summed E-state index contributed by atoms with van der Waals surface area (Å²) in [6, 6.07) is 3.96. The summed E-state index contributed by atoms with van der Waals surface area (Å²) < 4.78 is 19.6. The normalized spacial score (nSPS) is 21.4. The molecule has 1 aliphatic carbocycles. The van der Waals surface area contributed by atoms with Gasteiger partial charge in [0.15, 0.2) is 0 Å². The molecule has 3 unspecified atom stereocenters. The summed E-state index contributed by atoms with van der Waals surface area (Å²) in [6.07, 6.45) is -0.363. The molecular formula is C19H19FN4O4S. The molecule has 1 aliphatic rings. The third-order valence-electron chi connectivity index (χ3n) is 4.95. The molecule has 0 saturated heterocycles. The van der Waals surface area contributed by atoms with Gasteiger partial charge in [0.25, 0.3) is 5.91 Å². The van der Waals surface area contributed by atoms with Crippen molar-refractivity contribution in [2.75, 3.05) is 5.32 Å². The highest BCUT2D eigenvalue weighted by Crippen LogP contribution is 2.37. The van der Waals surface area contributed by atoms with Gasteiger partial charge in [-0.2, -0.15) is 0 Å². The van der Waals surface area contributed by atoms with Crippen molar-refractivity contribution in [3.8, 4) is 5.75 Å². The predicted molar refractivity (Wildman–Crippen MR) is 106 cm³/mol. The summed E-state index contributed by atoms with van der Waals surface area (Å²) in [5, 5.41) is 23.5. The van der Waals surface area contributed by atoms with Crippen molar-refractivity contribution < 1.29 is 24.1 Å². The Morgan fingerprint density at radius 1 is 1.34 bits per heavy atom. The number of thiophene rings is 1. The molecule has 2 aromatic heterocycles. The number of aromatic nitrogens is 2. The fraction of sp³-hybridized carbons (Fsp3) is 0.316. The Balaban J connectivity index is 1.71. The van der Waals surface area contributed by atoms with Crippen LogP contribution in [0.15, 0.2) is 24.5 Å². The smallest absolute Gasteiger partial charge is 0.259 e. The fourth-order valence-corrected chi connectivity index (χ4v) is 4.44. The van der Waals surface area contributed by atoms with Gasteiger partial charge in [0.2, 0.25) is 0 Å². The number of hydrogen-bond acceptors (Lipinski definition) is 8. The molecule has 29 heavy (non-hydrogen) atoms. The minimum Gasteiger partial charge on any atom is -0.485 e. The maximum Gasteiger partial charge on any atom is 0.259 e. The topological polar surface area (TPSA) is 131 Å². The maximum absolute atomic E-state index is 13.8. The predicted octanol–water partition coefficient (Wildman–Crippen LogP) is 2.24. The average molecular weight is 418 g/mol. The van der Waals surface area contributed by atoms with Crippen LogP contribution in [0.1, 0.15) is 28.1 Å². The molecule has 1 amide bonds. The van der Waals surface area contributed by atoms with Crippen LogP contribution in [0.25, 0.3) is 10.2 Å². The number of benzene rings is 1. The molecule has 1 saturated carbocycles. The second-order valence-corrected chi connectivity index (χ2v) is 7.88. The van der Waals surface area contributed by atoms with Gasteiger partial charge in [-0.05, 0) is 37.5 Å². The number of nitrogens with zero attached hydrogens (tertiary/aromatic N) is 2. The Hall–Kier alpha value is -2.82. The number of ether oxygens (including phenoxy) is 1. The monoisotopic (exact) mass is 418 g/mol. The first kappa shape index (κ1) is 19.5. The van der Waals surface area contributed by atoms with Crippen LogP contribution < -0.4 is 15.8 Å². The molecule has 0 bridgehead atoms. The number of aliphatic hydroxyl groups excluding tert-OH is 2. The molecule has 152 valence electrons. The Labute approximate surface area is 169 Å². The quantitative estimate of drug-likeness (QED) is 0.500. The average Bonchev–Trinajstić information content (AvgIpc) is 3.19. The minimum atomic E-state index is -1.05. The number of nitrogens with two attached hydrogens (primary N) is 1. The first-order valence-corrected chi connectivity index (χ1v) is 9.80. The molecule has 10 heteroatoms. The number of aliphatic hydroxyl groups is 2. The van der Waals surface area contributed by atoms with E-state index in [-0.39, 0.29) is 5.75 Å². The first-order valence-electron chi connectivity index (χ1n) is 8.98. The maximum atomic E-state index is 13.8. The molecule has 3 aromatic rings. The number of carbonyl (C=O) groups is 1. The van der Waals surface area contributed by atoms with Gasteiger partial charge < -0.3 is 26.0 Å². The largest absolute Gasteiger partial charge is 0.485 e. The van der Waals surface area contributed by atoms with Crippen LogP contribution in [-0.4, -0.2) is 44.4 Å². The van der Waals surface area contributed by atoms with E-state index < -0.39 is 30.0 Å². The number of rotatable bonds is 5. The van der Waals surface area contributed by atoms with Gasteiger partial charge in [-0.1, -0.05) is 0 Å². The highest BCUT2D eigenvalue weighted by molar-refractivity contribution is 7.20. The van der Waals surface area contributed by atoms with Crippen LogP contribution in [0.3, 0.4) is 0 Å². The van der Waals surface area contributed by atoms with E-state index >= 15 is 0 Å². The summed E-state index contributed by atoms with van der Waals surface area (Å²) in [5.74, 6) is -0.456. The number of fused-ring (bicyclic) bond motifs is 1. The molecular weight excluding hydrogens is 399 g/mol. The lowest BCUT2D eigenvalue weighted by molar-refractivity contribution is -0.00860. The van der Waals surface area contributed by atoms with Gasteiger partial charge in [0, 0.05) is 6.07 Å². The lowest BCUT2D eigenvalue weighted by atomic mass is 10.2. The van der Waals surface area contributed by atoms with Crippen molar-refractivity contribution in [1.29, 1.82) is 0 Å². The van der Waals surface area contributed by atoms with Gasteiger partial charge in [-0.15, -0.1) is 11.3 Å². The van der Waals surface area contributed by atoms with E-state index in [0.717, 1.165) is 0 Å². The van der Waals surface area contributed by atoms with E-state index in [2.05, 4.69) is 15.3 Å². The lowest BCUT2D eigenvalue weighted by Gasteiger charge is -2.21. The number of carbonyl (C=O) groups excluding carboxylic acids is 1. The highest BCUT2D eigenvalue weighted by Gasteiger charge is 2.35. The summed E-state index contributed by atoms with van der Waals surface area (Å²) in [5.41, 5.74) is 6.51. The zero-order valence-electron chi connectivity index (χ0n) is 15.4. The third kappa shape index (κ3) is 3.61. The molecule has 0 aliphatic heterocycles. The molecule has 0 radical (unpaired) electrons. The minimum absolute atomic E-state index is 0.179. The Morgan fingerprint density at radius 3 is 2.83 bits per heavy atom. The SMILES string of the molecule is Cc1c(C(N)=O)sc2ncnc(Nc3ccc(F)cc3OC3CCC(O)C3O)c12. The van der Waals surface area contributed by atoms with Gasteiger partial charge >= 0.3 is 0 Å². The summed E-state index contributed by atoms with van der Waals surface area (Å²) >= 11 is 1.17. The number of hydrogen-bond donors (Lipinski definition) is 4. The molecule has 1 aromatic carbocycles. The number of aryl methyl sites for hydroxylation is 1. The van der Waals surface area contributed by atoms with Crippen LogP contribution in [-0.2, 0) is 0 Å².